The van der Waals surface area contributed by atoms with Crippen molar-refractivity contribution in [1.82, 2.24) is 0 Å². The van der Waals surface area contributed by atoms with Gasteiger partial charge in [-0.15, -0.1) is 11.3 Å². The molecule has 0 N–H and O–H groups in total. The highest BCUT2D eigenvalue weighted by atomic mass is 32.1. The fourth-order valence-electron chi connectivity index (χ4n) is 1.46. The molecule has 2 rings (SSSR count). The molecular formula is C9H10O3S. The molecule has 1 aliphatic rings. The van der Waals surface area contributed by atoms with Gasteiger partial charge in [0, 0.05) is 5.56 Å². The quantitative estimate of drug-likeness (QED) is 0.679. The second kappa shape index (κ2) is 3.21. The fourth-order valence-corrected chi connectivity index (χ4v) is 2.24. The van der Waals surface area contributed by atoms with E-state index in [0.717, 1.165) is 11.8 Å². The molecule has 0 spiro atoms. The van der Waals surface area contributed by atoms with Crippen molar-refractivity contribution in [3.05, 3.63) is 21.9 Å². The highest BCUT2D eigenvalue weighted by Crippen LogP contribution is 2.34. The SMILES string of the molecule is CC1(c2ccsc2C=O)OCCO1. The number of thiophene rings is 1. The average molecular weight is 198 g/mol. The third kappa shape index (κ3) is 1.41. The molecule has 0 unspecified atom stereocenters. The van der Waals surface area contributed by atoms with Gasteiger partial charge in [0.2, 0.25) is 0 Å². The van der Waals surface area contributed by atoms with E-state index in [-0.39, 0.29) is 0 Å². The summed E-state index contributed by atoms with van der Waals surface area (Å²) in [5, 5.41) is 1.87. The van der Waals surface area contributed by atoms with E-state index in [0.29, 0.717) is 18.1 Å². The Kier molecular flexibility index (Phi) is 2.19. The summed E-state index contributed by atoms with van der Waals surface area (Å²) < 4.78 is 10.9. The van der Waals surface area contributed by atoms with Crippen molar-refractivity contribution in [1.29, 1.82) is 0 Å². The van der Waals surface area contributed by atoms with Gasteiger partial charge in [0.25, 0.3) is 0 Å². The lowest BCUT2D eigenvalue weighted by atomic mass is 10.1. The van der Waals surface area contributed by atoms with Crippen molar-refractivity contribution in [3.63, 3.8) is 0 Å². The van der Waals surface area contributed by atoms with Gasteiger partial charge in [-0.2, -0.15) is 0 Å². The Morgan fingerprint density at radius 3 is 2.85 bits per heavy atom. The Bertz CT molecular complexity index is 312. The molecule has 1 aromatic heterocycles. The number of hydrogen-bond donors (Lipinski definition) is 0. The van der Waals surface area contributed by atoms with Crippen LogP contribution in [0.2, 0.25) is 0 Å². The maximum Gasteiger partial charge on any atom is 0.193 e. The van der Waals surface area contributed by atoms with Crippen LogP contribution in [0.1, 0.15) is 22.2 Å². The van der Waals surface area contributed by atoms with E-state index in [1.807, 2.05) is 18.4 Å². The molecule has 0 atom stereocenters. The van der Waals surface area contributed by atoms with Gasteiger partial charge in [0.05, 0.1) is 18.1 Å². The molecule has 0 aromatic carbocycles. The van der Waals surface area contributed by atoms with Crippen LogP contribution in [-0.2, 0) is 15.3 Å². The third-order valence-electron chi connectivity index (χ3n) is 2.13. The zero-order chi connectivity index (χ0) is 9.31. The van der Waals surface area contributed by atoms with Crippen molar-refractivity contribution in [2.75, 3.05) is 13.2 Å². The van der Waals surface area contributed by atoms with E-state index in [2.05, 4.69) is 0 Å². The lowest BCUT2D eigenvalue weighted by molar-refractivity contribution is -0.149. The molecule has 0 aliphatic carbocycles. The molecule has 2 heterocycles. The summed E-state index contributed by atoms with van der Waals surface area (Å²) in [5.41, 5.74) is 0.838. The molecule has 0 saturated carbocycles. The summed E-state index contributed by atoms with van der Waals surface area (Å²) in [6.45, 7) is 3.02. The minimum absolute atomic E-state index is 0.588. The summed E-state index contributed by atoms with van der Waals surface area (Å²) in [6.07, 6.45) is 0.844. The van der Waals surface area contributed by atoms with Crippen LogP contribution in [0.25, 0.3) is 0 Å². The smallest absolute Gasteiger partial charge is 0.193 e. The van der Waals surface area contributed by atoms with Gasteiger partial charge in [-0.3, -0.25) is 4.79 Å². The van der Waals surface area contributed by atoms with Crippen molar-refractivity contribution >= 4 is 17.6 Å². The minimum atomic E-state index is -0.712. The van der Waals surface area contributed by atoms with Crippen molar-refractivity contribution in [2.24, 2.45) is 0 Å². The van der Waals surface area contributed by atoms with Crippen LogP contribution in [0.5, 0.6) is 0 Å². The van der Waals surface area contributed by atoms with E-state index in [1.165, 1.54) is 11.3 Å². The molecule has 1 aliphatic heterocycles. The minimum Gasteiger partial charge on any atom is -0.344 e. The average Bonchev–Trinajstić information content (AvgIpc) is 2.72. The second-order valence-electron chi connectivity index (χ2n) is 2.96. The molecule has 70 valence electrons. The maximum absolute atomic E-state index is 10.7. The predicted molar refractivity (Wildman–Crippen MR) is 49.0 cm³/mol. The molecule has 1 fully saturated rings. The highest BCUT2D eigenvalue weighted by Gasteiger charge is 2.35. The summed E-state index contributed by atoms with van der Waals surface area (Å²) in [6, 6.07) is 1.87. The number of rotatable bonds is 2. The molecule has 3 nitrogen and oxygen atoms in total. The molecule has 0 amide bonds. The van der Waals surface area contributed by atoms with E-state index in [4.69, 9.17) is 9.47 Å². The zero-order valence-electron chi connectivity index (χ0n) is 7.28. The predicted octanol–water partition coefficient (Wildman–Crippen LogP) is 1.78. The zero-order valence-corrected chi connectivity index (χ0v) is 8.10. The number of hydrogen-bond acceptors (Lipinski definition) is 4. The van der Waals surface area contributed by atoms with Gasteiger partial charge in [-0.25, -0.2) is 0 Å². The maximum atomic E-state index is 10.7. The highest BCUT2D eigenvalue weighted by molar-refractivity contribution is 7.11. The molecule has 0 radical (unpaired) electrons. The first kappa shape index (κ1) is 8.87. The lowest BCUT2D eigenvalue weighted by Crippen LogP contribution is -2.22. The van der Waals surface area contributed by atoms with Crippen LogP contribution in [0.4, 0.5) is 0 Å². The van der Waals surface area contributed by atoms with Crippen LogP contribution in [0.3, 0.4) is 0 Å². The van der Waals surface area contributed by atoms with Gasteiger partial charge in [-0.1, -0.05) is 0 Å². The lowest BCUT2D eigenvalue weighted by Gasteiger charge is -2.21. The number of ether oxygens (including phenoxy) is 2. The summed E-state index contributed by atoms with van der Waals surface area (Å²) in [5.74, 6) is -0.712. The first-order chi connectivity index (χ1) is 6.26. The molecule has 13 heavy (non-hydrogen) atoms. The van der Waals surface area contributed by atoms with Gasteiger partial charge < -0.3 is 9.47 Å². The van der Waals surface area contributed by atoms with Crippen molar-refractivity contribution in [3.8, 4) is 0 Å². The van der Waals surface area contributed by atoms with Crippen LogP contribution in [-0.4, -0.2) is 19.5 Å². The fraction of sp³-hybridized carbons (Fsp3) is 0.444. The van der Waals surface area contributed by atoms with Crippen molar-refractivity contribution < 1.29 is 14.3 Å². The molecule has 0 bridgehead atoms. The van der Waals surface area contributed by atoms with Crippen LogP contribution < -0.4 is 0 Å². The monoisotopic (exact) mass is 198 g/mol. The standard InChI is InChI=1S/C9H10O3S/c1-9(11-3-4-12-9)7-2-5-13-8(7)6-10/h2,5-6H,3-4H2,1H3. The second-order valence-corrected chi connectivity index (χ2v) is 3.91. The summed E-state index contributed by atoms with van der Waals surface area (Å²) in [4.78, 5) is 11.4. The van der Waals surface area contributed by atoms with E-state index < -0.39 is 5.79 Å². The molecular weight excluding hydrogens is 188 g/mol. The van der Waals surface area contributed by atoms with Gasteiger partial charge >= 0.3 is 0 Å². The number of carbonyl (C=O) groups is 1. The van der Waals surface area contributed by atoms with Crippen LogP contribution in [0, 0.1) is 0 Å². The first-order valence-electron chi connectivity index (χ1n) is 4.07. The first-order valence-corrected chi connectivity index (χ1v) is 4.95. The Morgan fingerprint density at radius 1 is 1.54 bits per heavy atom. The summed E-state index contributed by atoms with van der Waals surface area (Å²) in [7, 11) is 0. The van der Waals surface area contributed by atoms with Gasteiger partial charge in [0.1, 0.15) is 0 Å². The normalized spacial score (nSPS) is 20.4. The Labute approximate surface area is 80.3 Å². The van der Waals surface area contributed by atoms with Gasteiger partial charge in [0.15, 0.2) is 12.1 Å². The molecule has 4 heteroatoms. The molecule has 1 aromatic rings. The third-order valence-corrected chi connectivity index (χ3v) is 2.97. The number of carbonyl (C=O) groups excluding carboxylic acids is 1. The Hall–Kier alpha value is -0.710. The Morgan fingerprint density at radius 2 is 2.23 bits per heavy atom. The topological polar surface area (TPSA) is 35.5 Å². The largest absolute Gasteiger partial charge is 0.344 e. The Balaban J connectivity index is 2.38. The van der Waals surface area contributed by atoms with E-state index >= 15 is 0 Å². The van der Waals surface area contributed by atoms with Crippen molar-refractivity contribution in [2.45, 2.75) is 12.7 Å². The van der Waals surface area contributed by atoms with E-state index in [1.54, 1.807) is 0 Å². The molecule has 1 saturated heterocycles. The van der Waals surface area contributed by atoms with E-state index in [9.17, 15) is 4.79 Å². The van der Waals surface area contributed by atoms with Crippen LogP contribution in [0.15, 0.2) is 11.4 Å². The van der Waals surface area contributed by atoms with Gasteiger partial charge in [-0.05, 0) is 18.4 Å². The summed E-state index contributed by atoms with van der Waals surface area (Å²) >= 11 is 1.41. The van der Waals surface area contributed by atoms with Crippen LogP contribution >= 0.6 is 11.3 Å². The number of aldehydes is 1.